The summed E-state index contributed by atoms with van der Waals surface area (Å²) in [4.78, 5) is 28.5. The molecule has 2 heterocycles. The van der Waals surface area contributed by atoms with E-state index in [-0.39, 0.29) is 11.8 Å². The van der Waals surface area contributed by atoms with Crippen molar-refractivity contribution < 1.29 is 14.7 Å². The lowest BCUT2D eigenvalue weighted by molar-refractivity contribution is -0.149. The first-order chi connectivity index (χ1) is 10.6. The predicted molar refractivity (Wildman–Crippen MR) is 84.3 cm³/mol. The van der Waals surface area contributed by atoms with Crippen LogP contribution in [0.2, 0.25) is 0 Å². The summed E-state index contributed by atoms with van der Waals surface area (Å²) >= 11 is 1.63. The highest BCUT2D eigenvalue weighted by atomic mass is 32.1. The van der Waals surface area contributed by atoms with Crippen molar-refractivity contribution in [1.29, 1.82) is 0 Å². The number of nitrogens with zero attached hydrogens (tertiary/aromatic N) is 1. The molecule has 1 amide bonds. The van der Waals surface area contributed by atoms with Crippen LogP contribution in [0.5, 0.6) is 0 Å². The predicted octanol–water partition coefficient (Wildman–Crippen LogP) is 2.95. The van der Waals surface area contributed by atoms with Gasteiger partial charge in [0.1, 0.15) is 0 Å². The molecule has 1 saturated carbocycles. The number of carboxylic acids is 1. The summed E-state index contributed by atoms with van der Waals surface area (Å²) in [7, 11) is 0. The van der Waals surface area contributed by atoms with Gasteiger partial charge in [0.25, 0.3) is 5.91 Å². The van der Waals surface area contributed by atoms with Gasteiger partial charge in [-0.25, -0.2) is 0 Å². The Balaban J connectivity index is 1.57. The molecule has 2 aliphatic carbocycles. The van der Waals surface area contributed by atoms with Gasteiger partial charge in [0, 0.05) is 18.0 Å². The minimum Gasteiger partial charge on any atom is -0.481 e. The number of hydrogen-bond acceptors (Lipinski definition) is 3. The number of likely N-dealkylation sites (tertiary alicyclic amines) is 1. The number of carboxylic acid groups (broad SMARTS) is 1. The molecule has 1 N–H and O–H groups in total. The fraction of sp³-hybridized carbons (Fsp3) is 0.647. The smallest absolute Gasteiger partial charge is 0.311 e. The molecule has 1 saturated heterocycles. The molecule has 0 aromatic carbocycles. The maximum absolute atomic E-state index is 12.8. The zero-order chi connectivity index (χ0) is 15.3. The third-order valence-corrected chi connectivity index (χ3v) is 7.02. The number of hydrogen-bond donors (Lipinski definition) is 1. The minimum atomic E-state index is -0.712. The van der Waals surface area contributed by atoms with E-state index in [0.29, 0.717) is 13.1 Å². The third kappa shape index (κ3) is 2.02. The molecule has 0 unspecified atom stereocenters. The van der Waals surface area contributed by atoms with Gasteiger partial charge in [-0.3, -0.25) is 9.59 Å². The van der Waals surface area contributed by atoms with E-state index in [1.165, 1.54) is 23.3 Å². The lowest BCUT2D eigenvalue weighted by Gasteiger charge is -2.23. The van der Waals surface area contributed by atoms with Crippen molar-refractivity contribution in [3.63, 3.8) is 0 Å². The normalized spacial score (nSPS) is 30.2. The van der Waals surface area contributed by atoms with Crippen LogP contribution in [0.3, 0.4) is 0 Å². The fourth-order valence-electron chi connectivity index (χ4n) is 4.55. The van der Waals surface area contributed by atoms with Gasteiger partial charge >= 0.3 is 5.97 Å². The first-order valence-corrected chi connectivity index (χ1v) is 9.06. The van der Waals surface area contributed by atoms with Crippen LogP contribution in [0, 0.1) is 11.3 Å². The molecule has 5 heteroatoms. The molecular weight excluding hydrogens is 298 g/mol. The zero-order valence-electron chi connectivity index (χ0n) is 12.6. The Bertz CT molecular complexity index is 614. The Morgan fingerprint density at radius 3 is 2.82 bits per heavy atom. The first kappa shape index (κ1) is 14.2. The number of rotatable bonds is 2. The largest absolute Gasteiger partial charge is 0.481 e. The Labute approximate surface area is 134 Å². The molecule has 2 atom stereocenters. The minimum absolute atomic E-state index is 0.0504. The molecule has 3 aliphatic rings. The lowest BCUT2D eigenvalue weighted by atomic mass is 9.81. The van der Waals surface area contributed by atoms with E-state index in [1.807, 2.05) is 0 Å². The van der Waals surface area contributed by atoms with E-state index < -0.39 is 11.4 Å². The Hall–Kier alpha value is -1.36. The van der Waals surface area contributed by atoms with Gasteiger partial charge in [0.2, 0.25) is 0 Å². The van der Waals surface area contributed by atoms with E-state index in [0.717, 1.165) is 37.0 Å². The van der Waals surface area contributed by atoms with E-state index in [1.54, 1.807) is 16.2 Å². The molecular formula is C17H21NO3S. The SMILES string of the molecule is O=C(c1cc2c(s1)CCCC2)N1C[C@@H]2CCC[C@@]2(C(=O)O)C1. The van der Waals surface area contributed by atoms with Gasteiger partial charge < -0.3 is 10.0 Å². The Kier molecular flexibility index (Phi) is 3.29. The van der Waals surface area contributed by atoms with Crippen molar-refractivity contribution in [3.05, 3.63) is 21.4 Å². The lowest BCUT2D eigenvalue weighted by Crippen LogP contribution is -2.37. The molecule has 0 bridgehead atoms. The molecule has 4 rings (SSSR count). The van der Waals surface area contributed by atoms with Gasteiger partial charge in [-0.2, -0.15) is 0 Å². The quantitative estimate of drug-likeness (QED) is 0.912. The molecule has 0 spiro atoms. The van der Waals surface area contributed by atoms with Gasteiger partial charge in [0.15, 0.2) is 0 Å². The number of aliphatic carboxylic acids is 1. The van der Waals surface area contributed by atoms with E-state index in [9.17, 15) is 14.7 Å². The van der Waals surface area contributed by atoms with Crippen LogP contribution in [-0.4, -0.2) is 35.0 Å². The molecule has 22 heavy (non-hydrogen) atoms. The number of amides is 1. The second-order valence-electron chi connectivity index (χ2n) is 7.00. The second-order valence-corrected chi connectivity index (χ2v) is 8.14. The Morgan fingerprint density at radius 1 is 1.27 bits per heavy atom. The van der Waals surface area contributed by atoms with Crippen LogP contribution < -0.4 is 0 Å². The molecule has 1 aliphatic heterocycles. The van der Waals surface area contributed by atoms with E-state index >= 15 is 0 Å². The highest BCUT2D eigenvalue weighted by Crippen LogP contribution is 2.49. The maximum Gasteiger partial charge on any atom is 0.311 e. The number of fused-ring (bicyclic) bond motifs is 2. The standard InChI is InChI=1S/C17H21NO3S/c19-15(14-8-11-4-1-2-6-13(11)22-14)18-9-12-5-3-7-17(12,10-18)16(20)21/h8,12H,1-7,9-10H2,(H,20,21)/t12-,17+/m0/s1. The summed E-state index contributed by atoms with van der Waals surface area (Å²) in [5.41, 5.74) is 0.666. The molecule has 118 valence electrons. The number of carbonyl (C=O) groups excluding carboxylic acids is 1. The van der Waals surface area contributed by atoms with Crippen LogP contribution in [-0.2, 0) is 17.6 Å². The number of carbonyl (C=O) groups is 2. The van der Waals surface area contributed by atoms with Gasteiger partial charge in [-0.15, -0.1) is 11.3 Å². The second kappa shape index (κ2) is 5.08. The van der Waals surface area contributed by atoms with Crippen molar-refractivity contribution in [3.8, 4) is 0 Å². The van der Waals surface area contributed by atoms with Crippen molar-refractivity contribution in [2.45, 2.75) is 44.9 Å². The maximum atomic E-state index is 12.8. The van der Waals surface area contributed by atoms with Crippen molar-refractivity contribution in [2.75, 3.05) is 13.1 Å². The average Bonchev–Trinajstić information content (AvgIpc) is 3.17. The average molecular weight is 319 g/mol. The van der Waals surface area contributed by atoms with Gasteiger partial charge in [-0.05, 0) is 56.1 Å². The third-order valence-electron chi connectivity index (χ3n) is 5.79. The highest BCUT2D eigenvalue weighted by molar-refractivity contribution is 7.14. The summed E-state index contributed by atoms with van der Waals surface area (Å²) < 4.78 is 0. The summed E-state index contributed by atoms with van der Waals surface area (Å²) in [6.45, 7) is 1.02. The van der Waals surface area contributed by atoms with Crippen LogP contribution in [0.15, 0.2) is 6.07 Å². The zero-order valence-corrected chi connectivity index (χ0v) is 13.5. The first-order valence-electron chi connectivity index (χ1n) is 8.24. The summed E-state index contributed by atoms with van der Waals surface area (Å²) in [6, 6.07) is 2.06. The van der Waals surface area contributed by atoms with Gasteiger partial charge in [0.05, 0.1) is 10.3 Å². The Morgan fingerprint density at radius 2 is 2.09 bits per heavy atom. The number of thiophene rings is 1. The molecule has 1 aromatic heterocycles. The van der Waals surface area contributed by atoms with Crippen molar-refractivity contribution >= 4 is 23.2 Å². The van der Waals surface area contributed by atoms with Crippen molar-refractivity contribution in [1.82, 2.24) is 4.90 Å². The molecule has 0 radical (unpaired) electrons. The summed E-state index contributed by atoms with van der Waals surface area (Å²) in [5, 5.41) is 9.64. The topological polar surface area (TPSA) is 57.6 Å². The molecule has 1 aromatic rings. The van der Waals surface area contributed by atoms with Crippen LogP contribution >= 0.6 is 11.3 Å². The monoisotopic (exact) mass is 319 g/mol. The highest BCUT2D eigenvalue weighted by Gasteiger charge is 2.55. The van der Waals surface area contributed by atoms with Crippen LogP contribution in [0.25, 0.3) is 0 Å². The van der Waals surface area contributed by atoms with Crippen LogP contribution in [0.1, 0.15) is 52.2 Å². The van der Waals surface area contributed by atoms with E-state index in [4.69, 9.17) is 0 Å². The van der Waals surface area contributed by atoms with E-state index in [2.05, 4.69) is 6.07 Å². The van der Waals surface area contributed by atoms with Crippen LogP contribution in [0.4, 0.5) is 0 Å². The summed E-state index contributed by atoms with van der Waals surface area (Å²) in [5.74, 6) is -0.520. The van der Waals surface area contributed by atoms with Gasteiger partial charge in [-0.1, -0.05) is 6.42 Å². The fourth-order valence-corrected chi connectivity index (χ4v) is 5.77. The summed E-state index contributed by atoms with van der Waals surface area (Å²) in [6.07, 6.45) is 7.25. The molecule has 4 nitrogen and oxygen atoms in total. The molecule has 2 fully saturated rings. The van der Waals surface area contributed by atoms with Crippen molar-refractivity contribution in [2.24, 2.45) is 11.3 Å². The number of aryl methyl sites for hydroxylation is 2.